The highest BCUT2D eigenvalue weighted by atomic mass is 32.2. The lowest BCUT2D eigenvalue weighted by Gasteiger charge is -2.09. The molecule has 0 atom stereocenters. The highest BCUT2D eigenvalue weighted by molar-refractivity contribution is 7.86. The summed E-state index contributed by atoms with van der Waals surface area (Å²) in [4.78, 5) is -1.95. The van der Waals surface area contributed by atoms with Gasteiger partial charge in [-0.3, -0.25) is 14.9 Å². The minimum atomic E-state index is -4.87. The molecule has 1 aromatic carbocycles. The molecule has 0 aliphatic heterocycles. The number of hydrogen-bond donors (Lipinski definition) is 5. The molecule has 0 radical (unpaired) electrons. The molecule has 6 N–H and O–H groups in total. The number of nitrogen functional groups attached to an aromatic ring is 1. The van der Waals surface area contributed by atoms with Gasteiger partial charge in [-0.25, -0.2) is 0 Å². The molecule has 0 unspecified atom stereocenters. The molecule has 0 aromatic heterocycles. The van der Waals surface area contributed by atoms with Crippen LogP contribution in [0.15, 0.2) is 21.9 Å². The molecule has 17 heavy (non-hydrogen) atoms. The van der Waals surface area contributed by atoms with Gasteiger partial charge in [-0.15, -0.1) is 0 Å². The Morgan fingerprint density at radius 2 is 1.59 bits per heavy atom. The minimum Gasteiger partial charge on any atom is -0.504 e. The Kier molecular flexibility index (Phi) is 3.31. The average molecular weight is 284 g/mol. The SMILES string of the molecule is NNc1cc(S(=O)(=O)O)cc(S(=O)(=O)O)c1O. The van der Waals surface area contributed by atoms with Crippen LogP contribution in [0.4, 0.5) is 5.69 Å². The number of hydrogen-bond acceptors (Lipinski definition) is 7. The van der Waals surface area contributed by atoms with E-state index in [0.29, 0.717) is 12.1 Å². The number of nitrogens with one attached hydrogen (secondary N) is 1. The summed E-state index contributed by atoms with van der Waals surface area (Å²) in [6.45, 7) is 0. The molecule has 0 saturated heterocycles. The molecule has 96 valence electrons. The molecule has 0 amide bonds. The van der Waals surface area contributed by atoms with Crippen LogP contribution in [-0.2, 0) is 20.2 Å². The molecule has 0 fully saturated rings. The van der Waals surface area contributed by atoms with Gasteiger partial charge in [0.15, 0.2) is 5.75 Å². The van der Waals surface area contributed by atoms with Crippen molar-refractivity contribution in [2.24, 2.45) is 5.84 Å². The van der Waals surface area contributed by atoms with Crippen LogP contribution >= 0.6 is 0 Å². The topological polar surface area (TPSA) is 167 Å². The van der Waals surface area contributed by atoms with Crippen molar-refractivity contribution in [3.05, 3.63) is 12.1 Å². The standard InChI is InChI=1S/C6H8N2O7S2/c7-8-4-1-3(16(10,11)12)2-5(6(4)9)17(13,14)15/h1-2,8-9H,7H2,(H,10,11,12)(H,13,14,15). The van der Waals surface area contributed by atoms with E-state index in [9.17, 15) is 21.9 Å². The first kappa shape index (κ1) is 13.7. The smallest absolute Gasteiger partial charge is 0.298 e. The summed E-state index contributed by atoms with van der Waals surface area (Å²) < 4.78 is 60.8. The van der Waals surface area contributed by atoms with Gasteiger partial charge in [-0.1, -0.05) is 0 Å². The lowest BCUT2D eigenvalue weighted by Crippen LogP contribution is -2.11. The number of nitrogens with two attached hydrogens (primary N) is 1. The fourth-order valence-corrected chi connectivity index (χ4v) is 2.28. The predicted octanol–water partition coefficient (Wildman–Crippen LogP) is -0.829. The Morgan fingerprint density at radius 3 is 1.94 bits per heavy atom. The van der Waals surface area contributed by atoms with Crippen molar-refractivity contribution in [2.45, 2.75) is 9.79 Å². The third kappa shape index (κ3) is 2.83. The van der Waals surface area contributed by atoms with Gasteiger partial charge in [0.2, 0.25) is 0 Å². The van der Waals surface area contributed by atoms with Gasteiger partial charge >= 0.3 is 0 Å². The Labute approximate surface area is 96.3 Å². The van der Waals surface area contributed by atoms with Crippen LogP contribution in [0, 0.1) is 0 Å². The number of phenolic OH excluding ortho intramolecular Hbond substituents is 1. The zero-order valence-electron chi connectivity index (χ0n) is 8.02. The fourth-order valence-electron chi connectivity index (χ4n) is 1.04. The van der Waals surface area contributed by atoms with Gasteiger partial charge in [0.05, 0.1) is 10.6 Å². The average Bonchev–Trinajstić information content (AvgIpc) is 2.14. The van der Waals surface area contributed by atoms with Crippen molar-refractivity contribution in [1.82, 2.24) is 0 Å². The maximum Gasteiger partial charge on any atom is 0.298 e. The minimum absolute atomic E-state index is 0.390. The van der Waals surface area contributed by atoms with Crippen molar-refractivity contribution in [1.29, 1.82) is 0 Å². The van der Waals surface area contributed by atoms with Crippen LogP contribution < -0.4 is 11.3 Å². The van der Waals surface area contributed by atoms with E-state index in [1.807, 2.05) is 5.43 Å². The lowest BCUT2D eigenvalue weighted by atomic mass is 10.3. The zero-order chi connectivity index (χ0) is 13.4. The van der Waals surface area contributed by atoms with E-state index in [1.165, 1.54) is 0 Å². The molecule has 0 aliphatic rings. The molecule has 1 rings (SSSR count). The van der Waals surface area contributed by atoms with Crippen molar-refractivity contribution in [2.75, 3.05) is 5.43 Å². The summed E-state index contributed by atoms with van der Waals surface area (Å²) in [6.07, 6.45) is 0. The number of anilines is 1. The van der Waals surface area contributed by atoms with Crippen LogP contribution in [0.3, 0.4) is 0 Å². The summed E-state index contributed by atoms with van der Waals surface area (Å²) >= 11 is 0. The summed E-state index contributed by atoms with van der Waals surface area (Å²) in [5.74, 6) is 3.94. The van der Waals surface area contributed by atoms with Crippen molar-refractivity contribution in [3.8, 4) is 5.75 Å². The predicted molar refractivity (Wildman–Crippen MR) is 55.5 cm³/mol. The normalized spacial score (nSPS) is 12.4. The van der Waals surface area contributed by atoms with Crippen LogP contribution in [0.2, 0.25) is 0 Å². The van der Waals surface area contributed by atoms with E-state index in [2.05, 4.69) is 0 Å². The van der Waals surface area contributed by atoms with Gasteiger partial charge in [0.1, 0.15) is 4.90 Å². The Bertz CT molecular complexity index is 649. The second-order valence-corrected chi connectivity index (χ2v) is 5.72. The number of aromatic hydroxyl groups is 1. The van der Waals surface area contributed by atoms with Gasteiger partial charge < -0.3 is 10.5 Å². The molecule has 9 nitrogen and oxygen atoms in total. The second-order valence-electron chi connectivity index (χ2n) is 2.91. The first-order valence-electron chi connectivity index (χ1n) is 3.86. The van der Waals surface area contributed by atoms with Crippen molar-refractivity contribution >= 4 is 25.9 Å². The van der Waals surface area contributed by atoms with E-state index in [-0.39, 0.29) is 0 Å². The fraction of sp³-hybridized carbons (Fsp3) is 0. The van der Waals surface area contributed by atoms with E-state index >= 15 is 0 Å². The number of rotatable bonds is 3. The molecule has 0 heterocycles. The Hall–Kier alpha value is -1.40. The molecule has 0 spiro atoms. The third-order valence-corrected chi connectivity index (χ3v) is 3.48. The second kappa shape index (κ2) is 4.12. The summed E-state index contributed by atoms with van der Waals surface area (Å²) in [5.41, 5.74) is 1.33. The molecule has 11 heteroatoms. The molecular formula is C6H8N2O7S2. The number of phenols is 1. The van der Waals surface area contributed by atoms with Crippen molar-refractivity contribution < 1.29 is 31.0 Å². The molecule has 1 aromatic rings. The van der Waals surface area contributed by atoms with E-state index < -0.39 is 41.5 Å². The van der Waals surface area contributed by atoms with Crippen LogP contribution in [0.25, 0.3) is 0 Å². The largest absolute Gasteiger partial charge is 0.504 e. The summed E-state index contributed by atoms with van der Waals surface area (Å²) in [6, 6.07) is 1.08. The number of benzene rings is 1. The van der Waals surface area contributed by atoms with Crippen LogP contribution in [0.5, 0.6) is 5.75 Å². The molecule has 0 bridgehead atoms. The molecular weight excluding hydrogens is 276 g/mol. The van der Waals surface area contributed by atoms with E-state index in [4.69, 9.17) is 14.9 Å². The van der Waals surface area contributed by atoms with Crippen LogP contribution in [-0.4, -0.2) is 31.0 Å². The van der Waals surface area contributed by atoms with E-state index in [0.717, 1.165) is 0 Å². The summed E-state index contributed by atoms with van der Waals surface area (Å²) in [5, 5.41) is 9.36. The highest BCUT2D eigenvalue weighted by Crippen LogP contribution is 2.33. The van der Waals surface area contributed by atoms with Gasteiger partial charge in [0, 0.05) is 0 Å². The third-order valence-electron chi connectivity index (χ3n) is 1.78. The maximum atomic E-state index is 10.9. The Balaban J connectivity index is 3.74. The first-order chi connectivity index (χ1) is 7.57. The monoisotopic (exact) mass is 284 g/mol. The first-order valence-corrected chi connectivity index (χ1v) is 6.74. The highest BCUT2D eigenvalue weighted by Gasteiger charge is 2.23. The van der Waals surface area contributed by atoms with Crippen LogP contribution in [0.1, 0.15) is 0 Å². The van der Waals surface area contributed by atoms with E-state index in [1.54, 1.807) is 0 Å². The molecule has 0 aliphatic carbocycles. The van der Waals surface area contributed by atoms with Gasteiger partial charge in [-0.2, -0.15) is 16.8 Å². The zero-order valence-corrected chi connectivity index (χ0v) is 9.66. The van der Waals surface area contributed by atoms with Gasteiger partial charge in [-0.05, 0) is 12.1 Å². The summed E-state index contributed by atoms with van der Waals surface area (Å²) in [7, 11) is -9.59. The maximum absolute atomic E-state index is 10.9. The molecule has 0 saturated carbocycles. The number of hydrazine groups is 1. The van der Waals surface area contributed by atoms with Gasteiger partial charge in [0.25, 0.3) is 20.2 Å². The van der Waals surface area contributed by atoms with Crippen molar-refractivity contribution in [3.63, 3.8) is 0 Å². The quantitative estimate of drug-likeness (QED) is 0.206. The Morgan fingerprint density at radius 1 is 1.06 bits per heavy atom. The lowest BCUT2D eigenvalue weighted by molar-refractivity contribution is 0.443.